The average molecular weight is 423 g/mol. The number of carbonyl (C=O) groups excluding carboxylic acids is 2. The Balaban J connectivity index is 2.07. The second-order valence-corrected chi connectivity index (χ2v) is 8.91. The first-order valence-corrected chi connectivity index (χ1v) is 10.1. The topological polar surface area (TPSA) is 98.8 Å². The van der Waals surface area contributed by atoms with Gasteiger partial charge in [-0.15, -0.1) is 0 Å². The maximum atomic E-state index is 13.4. The summed E-state index contributed by atoms with van der Waals surface area (Å²) in [6, 6.07) is 8.54. The smallest absolute Gasteiger partial charge is 0.338 e. The molecule has 29 heavy (non-hydrogen) atoms. The second-order valence-electron chi connectivity index (χ2n) is 7.22. The molecule has 2 aromatic rings. The van der Waals surface area contributed by atoms with Crippen LogP contribution in [0.2, 0.25) is 0 Å². The van der Waals surface area contributed by atoms with Gasteiger partial charge in [0, 0.05) is 5.54 Å². The first-order chi connectivity index (χ1) is 13.4. The zero-order valence-electron chi connectivity index (χ0n) is 16.5. The van der Waals surface area contributed by atoms with Crippen molar-refractivity contribution in [2.24, 2.45) is 0 Å². The van der Waals surface area contributed by atoms with Crippen LogP contribution in [0, 0.1) is 5.82 Å². The maximum Gasteiger partial charge on any atom is 0.338 e. The van der Waals surface area contributed by atoms with Crippen molar-refractivity contribution in [3.63, 3.8) is 0 Å². The Kier molecular flexibility index (Phi) is 6.76. The molecule has 0 atom stereocenters. The highest BCUT2D eigenvalue weighted by Gasteiger charge is 2.22. The summed E-state index contributed by atoms with van der Waals surface area (Å²) in [5.74, 6) is -1.92. The molecule has 0 aromatic heterocycles. The van der Waals surface area contributed by atoms with Gasteiger partial charge in [-0.2, -0.15) is 0 Å². The number of nitrogens with one attached hydrogen (secondary N) is 1. The van der Waals surface area contributed by atoms with Crippen molar-refractivity contribution in [1.29, 1.82) is 0 Å². The van der Waals surface area contributed by atoms with Crippen molar-refractivity contribution in [1.82, 2.24) is 4.72 Å². The van der Waals surface area contributed by atoms with Gasteiger partial charge in [-0.05, 0) is 63.2 Å². The molecule has 0 spiro atoms. The highest BCUT2D eigenvalue weighted by Crippen LogP contribution is 2.20. The Morgan fingerprint density at radius 3 is 2.24 bits per heavy atom. The minimum atomic E-state index is -3.74. The van der Waals surface area contributed by atoms with Crippen LogP contribution in [0.25, 0.3) is 0 Å². The molecule has 7 nitrogen and oxygen atoms in total. The van der Waals surface area contributed by atoms with Crippen molar-refractivity contribution in [3.8, 4) is 5.75 Å². The van der Waals surface area contributed by atoms with E-state index in [-0.39, 0.29) is 21.8 Å². The van der Waals surface area contributed by atoms with E-state index in [0.717, 1.165) is 12.1 Å². The van der Waals surface area contributed by atoms with Gasteiger partial charge in [0.2, 0.25) is 15.8 Å². The van der Waals surface area contributed by atoms with Crippen LogP contribution in [0.5, 0.6) is 5.75 Å². The summed E-state index contributed by atoms with van der Waals surface area (Å²) in [6.45, 7) is 4.51. The fraction of sp³-hybridized carbons (Fsp3) is 0.300. The molecule has 0 aliphatic heterocycles. The number of halogens is 1. The lowest BCUT2D eigenvalue weighted by Crippen LogP contribution is -2.40. The molecule has 0 aliphatic carbocycles. The lowest BCUT2D eigenvalue weighted by atomic mass is 10.1. The third-order valence-corrected chi connectivity index (χ3v) is 5.41. The molecule has 2 rings (SSSR count). The van der Waals surface area contributed by atoms with E-state index in [2.05, 4.69) is 4.72 Å². The molecule has 156 valence electrons. The quantitative estimate of drug-likeness (QED) is 0.543. The van der Waals surface area contributed by atoms with Gasteiger partial charge in [0.25, 0.3) is 0 Å². The number of ether oxygens (including phenoxy) is 2. The van der Waals surface area contributed by atoms with Gasteiger partial charge in [-0.25, -0.2) is 22.3 Å². The molecule has 0 saturated carbocycles. The number of Topliss-reactive ketones (excluding diaryl/α,β-unsaturated/α-hetero) is 1. The lowest BCUT2D eigenvalue weighted by Gasteiger charge is -2.20. The van der Waals surface area contributed by atoms with Gasteiger partial charge >= 0.3 is 5.97 Å². The molecular formula is C20H22FNO6S. The zero-order valence-corrected chi connectivity index (χ0v) is 17.3. The number of carbonyl (C=O) groups is 2. The number of rotatable bonds is 7. The third-order valence-electron chi connectivity index (χ3n) is 3.64. The average Bonchev–Trinajstić information content (AvgIpc) is 2.64. The van der Waals surface area contributed by atoms with Crippen LogP contribution in [0.3, 0.4) is 0 Å². The molecule has 0 amide bonds. The van der Waals surface area contributed by atoms with E-state index in [9.17, 15) is 22.4 Å². The van der Waals surface area contributed by atoms with E-state index in [4.69, 9.17) is 9.47 Å². The summed E-state index contributed by atoms with van der Waals surface area (Å²) in [5, 5.41) is 0. The number of esters is 1. The Morgan fingerprint density at radius 2 is 1.69 bits per heavy atom. The Labute approximate surface area is 168 Å². The number of methoxy groups -OCH3 is 1. The predicted molar refractivity (Wildman–Crippen MR) is 104 cm³/mol. The number of hydrogen-bond acceptors (Lipinski definition) is 6. The lowest BCUT2D eigenvalue weighted by molar-refractivity contribution is 0.0474. The minimum absolute atomic E-state index is 0.00968. The van der Waals surface area contributed by atoms with Gasteiger partial charge < -0.3 is 9.47 Å². The van der Waals surface area contributed by atoms with Crippen LogP contribution in [-0.2, 0) is 14.8 Å². The first-order valence-electron chi connectivity index (χ1n) is 8.61. The summed E-state index contributed by atoms with van der Waals surface area (Å²) < 4.78 is 50.4. The highest BCUT2D eigenvalue weighted by molar-refractivity contribution is 7.89. The van der Waals surface area contributed by atoms with Crippen LogP contribution in [0.1, 0.15) is 41.5 Å². The molecule has 0 bridgehead atoms. The van der Waals surface area contributed by atoms with E-state index < -0.39 is 39.7 Å². The molecule has 0 aliphatic rings. The van der Waals surface area contributed by atoms with Crippen molar-refractivity contribution in [3.05, 3.63) is 59.4 Å². The van der Waals surface area contributed by atoms with Crippen LogP contribution in [0.15, 0.2) is 47.4 Å². The SMILES string of the molecule is COc1ccc(F)cc1C(=O)COC(=O)c1ccc(S(=O)(=O)NC(C)(C)C)cc1. The molecule has 2 aromatic carbocycles. The Hall–Kier alpha value is -2.78. The van der Waals surface area contributed by atoms with Crippen LogP contribution in [-0.4, -0.2) is 39.4 Å². The van der Waals surface area contributed by atoms with E-state index in [0.29, 0.717) is 0 Å². The molecule has 0 saturated heterocycles. The molecule has 0 radical (unpaired) electrons. The van der Waals surface area contributed by atoms with E-state index in [1.165, 1.54) is 37.4 Å². The zero-order chi connectivity index (χ0) is 21.8. The number of benzene rings is 2. The highest BCUT2D eigenvalue weighted by atomic mass is 32.2. The summed E-state index contributed by atoms with van der Waals surface area (Å²) in [4.78, 5) is 24.4. The van der Waals surface area contributed by atoms with E-state index in [1.54, 1.807) is 20.8 Å². The fourth-order valence-corrected chi connectivity index (χ4v) is 3.84. The Morgan fingerprint density at radius 1 is 1.07 bits per heavy atom. The molecule has 0 unspecified atom stereocenters. The maximum absolute atomic E-state index is 13.4. The molecule has 0 heterocycles. The normalized spacial score (nSPS) is 11.8. The number of hydrogen-bond donors (Lipinski definition) is 1. The van der Waals surface area contributed by atoms with Gasteiger partial charge in [0.05, 0.1) is 23.1 Å². The standard InChI is InChI=1S/C20H22FNO6S/c1-20(2,3)22-29(25,26)15-8-5-13(6-9-15)19(24)28-12-17(23)16-11-14(21)7-10-18(16)27-4/h5-11,22H,12H2,1-4H3. The first kappa shape index (κ1) is 22.5. The largest absolute Gasteiger partial charge is 0.496 e. The van der Waals surface area contributed by atoms with Crippen LogP contribution < -0.4 is 9.46 Å². The Bertz CT molecular complexity index is 1010. The summed E-state index contributed by atoms with van der Waals surface area (Å²) in [5.41, 5.74) is -0.636. The van der Waals surface area contributed by atoms with E-state index in [1.807, 2.05) is 0 Å². The summed E-state index contributed by atoms with van der Waals surface area (Å²) in [7, 11) is -2.41. The monoisotopic (exact) mass is 423 g/mol. The van der Waals surface area contributed by atoms with Crippen LogP contribution in [0.4, 0.5) is 4.39 Å². The van der Waals surface area contributed by atoms with Crippen LogP contribution >= 0.6 is 0 Å². The van der Waals surface area contributed by atoms with Gasteiger partial charge in [0.1, 0.15) is 11.6 Å². The number of sulfonamides is 1. The minimum Gasteiger partial charge on any atom is -0.496 e. The van der Waals surface area contributed by atoms with Crippen molar-refractivity contribution >= 4 is 21.8 Å². The molecule has 9 heteroatoms. The van der Waals surface area contributed by atoms with Gasteiger partial charge in [-0.1, -0.05) is 0 Å². The summed E-state index contributed by atoms with van der Waals surface area (Å²) >= 11 is 0. The fourth-order valence-electron chi connectivity index (χ4n) is 2.42. The van der Waals surface area contributed by atoms with Crippen molar-refractivity contribution in [2.75, 3.05) is 13.7 Å². The third kappa shape index (κ3) is 6.10. The number of ketones is 1. The molecule has 1 N–H and O–H groups in total. The molecule has 0 fully saturated rings. The molecular weight excluding hydrogens is 401 g/mol. The van der Waals surface area contributed by atoms with Gasteiger partial charge in [0.15, 0.2) is 6.61 Å². The van der Waals surface area contributed by atoms with E-state index >= 15 is 0 Å². The van der Waals surface area contributed by atoms with Crippen molar-refractivity contribution in [2.45, 2.75) is 31.2 Å². The van der Waals surface area contributed by atoms with Crippen molar-refractivity contribution < 1.29 is 31.9 Å². The second kappa shape index (κ2) is 8.71. The predicted octanol–water partition coefficient (Wildman–Crippen LogP) is 2.95. The summed E-state index contributed by atoms with van der Waals surface area (Å²) in [6.07, 6.45) is 0. The van der Waals surface area contributed by atoms with Gasteiger partial charge in [-0.3, -0.25) is 4.79 Å².